The van der Waals surface area contributed by atoms with Crippen molar-refractivity contribution in [3.05, 3.63) is 64.7 Å². The first-order valence-corrected chi connectivity index (χ1v) is 7.11. The Labute approximate surface area is 118 Å². The van der Waals surface area contributed by atoms with E-state index in [0.717, 1.165) is 22.4 Å². The Morgan fingerprint density at radius 3 is 2.65 bits per heavy atom. The van der Waals surface area contributed by atoms with Crippen LogP contribution >= 0.6 is 0 Å². The normalized spacial score (nSPS) is 22.4. The predicted molar refractivity (Wildman–Crippen MR) is 77.4 cm³/mol. The summed E-state index contributed by atoms with van der Waals surface area (Å²) in [5.74, 6) is 1.31. The van der Waals surface area contributed by atoms with Crippen LogP contribution in [0.25, 0.3) is 0 Å². The van der Waals surface area contributed by atoms with Crippen molar-refractivity contribution in [2.24, 2.45) is 0 Å². The summed E-state index contributed by atoms with van der Waals surface area (Å²) in [6.45, 7) is 4.32. The molecule has 20 heavy (non-hydrogen) atoms. The highest BCUT2D eigenvalue weighted by atomic mass is 16.5. The third-order valence-corrected chi connectivity index (χ3v) is 4.41. The molecule has 0 aromatic heterocycles. The van der Waals surface area contributed by atoms with Gasteiger partial charge in [-0.15, -0.1) is 0 Å². The predicted octanol–water partition coefficient (Wildman–Crippen LogP) is 4.22. The number of ketones is 1. The molecule has 0 radical (unpaired) electrons. The van der Waals surface area contributed by atoms with Gasteiger partial charge in [0.25, 0.3) is 0 Å². The smallest absolute Gasteiger partial charge is 0.174 e. The molecule has 2 aliphatic rings. The molecule has 2 heteroatoms. The fourth-order valence-corrected chi connectivity index (χ4v) is 3.50. The number of para-hydroxylation sites is 1. The van der Waals surface area contributed by atoms with Gasteiger partial charge >= 0.3 is 0 Å². The summed E-state index contributed by atoms with van der Waals surface area (Å²) in [5, 5.41) is 0. The van der Waals surface area contributed by atoms with E-state index in [1.807, 2.05) is 36.4 Å². The number of ether oxygens (including phenoxy) is 1. The van der Waals surface area contributed by atoms with Crippen LogP contribution in [-0.4, -0.2) is 5.78 Å². The van der Waals surface area contributed by atoms with Crippen LogP contribution in [0, 0.1) is 0 Å². The molecule has 0 bridgehead atoms. The molecule has 4 rings (SSSR count). The number of benzene rings is 2. The molecule has 1 heterocycles. The molecule has 0 spiro atoms. The lowest BCUT2D eigenvalue weighted by Crippen LogP contribution is -2.09. The first-order valence-electron chi connectivity index (χ1n) is 7.11. The van der Waals surface area contributed by atoms with Crippen molar-refractivity contribution in [1.82, 2.24) is 0 Å². The van der Waals surface area contributed by atoms with Crippen molar-refractivity contribution in [3.63, 3.8) is 0 Å². The number of Topliss-reactive ketones (excluding diaryl/α,β-unsaturated/α-hetero) is 1. The van der Waals surface area contributed by atoms with E-state index < -0.39 is 0 Å². The van der Waals surface area contributed by atoms with Crippen molar-refractivity contribution >= 4 is 5.78 Å². The van der Waals surface area contributed by atoms with Crippen molar-refractivity contribution in [3.8, 4) is 5.75 Å². The number of hydrogen-bond donors (Lipinski definition) is 0. The van der Waals surface area contributed by atoms with Crippen LogP contribution in [0.1, 0.15) is 58.8 Å². The highest BCUT2D eigenvalue weighted by Gasteiger charge is 2.48. The van der Waals surface area contributed by atoms with E-state index in [-0.39, 0.29) is 17.8 Å². The van der Waals surface area contributed by atoms with Gasteiger partial charge in [-0.25, -0.2) is 0 Å². The van der Waals surface area contributed by atoms with Crippen LogP contribution in [0.15, 0.2) is 42.5 Å². The third-order valence-electron chi connectivity index (χ3n) is 4.41. The van der Waals surface area contributed by atoms with Gasteiger partial charge < -0.3 is 4.74 Å². The maximum absolute atomic E-state index is 12.7. The van der Waals surface area contributed by atoms with E-state index in [1.165, 1.54) is 5.56 Å². The molecule has 100 valence electrons. The Morgan fingerprint density at radius 2 is 1.85 bits per heavy atom. The molecule has 1 aliphatic carbocycles. The average molecular weight is 264 g/mol. The Kier molecular flexibility index (Phi) is 2.31. The molecular weight excluding hydrogens is 248 g/mol. The first-order chi connectivity index (χ1) is 9.68. The molecule has 2 unspecified atom stereocenters. The van der Waals surface area contributed by atoms with Crippen LogP contribution in [0.2, 0.25) is 0 Å². The van der Waals surface area contributed by atoms with Gasteiger partial charge in [0.15, 0.2) is 5.78 Å². The minimum Gasteiger partial charge on any atom is -0.484 e. The van der Waals surface area contributed by atoms with Gasteiger partial charge in [0.05, 0.1) is 5.92 Å². The summed E-state index contributed by atoms with van der Waals surface area (Å²) in [6, 6.07) is 13.9. The molecular formula is C18H16O2. The Balaban J connectivity index is 1.93. The fraction of sp³-hybridized carbons (Fsp3) is 0.278. The van der Waals surface area contributed by atoms with Crippen molar-refractivity contribution < 1.29 is 9.53 Å². The SMILES string of the molecule is CC(C)c1cccc2c1C1Oc3ccccc3C1C2=O. The second-order valence-electron chi connectivity index (χ2n) is 5.88. The summed E-state index contributed by atoms with van der Waals surface area (Å²) < 4.78 is 6.10. The molecule has 0 fully saturated rings. The second kappa shape index (κ2) is 3.95. The summed E-state index contributed by atoms with van der Waals surface area (Å²) >= 11 is 0. The second-order valence-corrected chi connectivity index (χ2v) is 5.88. The topological polar surface area (TPSA) is 26.3 Å². The van der Waals surface area contributed by atoms with E-state index in [4.69, 9.17) is 4.74 Å². The number of rotatable bonds is 1. The molecule has 2 aromatic carbocycles. The average Bonchev–Trinajstić information content (AvgIpc) is 2.96. The van der Waals surface area contributed by atoms with E-state index in [1.54, 1.807) is 0 Å². The summed E-state index contributed by atoms with van der Waals surface area (Å²) in [7, 11) is 0. The Hall–Kier alpha value is -2.09. The minimum atomic E-state index is -0.152. The lowest BCUT2D eigenvalue weighted by atomic mass is 9.92. The molecule has 0 amide bonds. The van der Waals surface area contributed by atoms with Gasteiger partial charge in [-0.1, -0.05) is 50.2 Å². The Morgan fingerprint density at radius 1 is 1.05 bits per heavy atom. The molecule has 2 nitrogen and oxygen atoms in total. The van der Waals surface area contributed by atoms with Gasteiger partial charge in [0.2, 0.25) is 0 Å². The van der Waals surface area contributed by atoms with Crippen molar-refractivity contribution in [2.45, 2.75) is 31.8 Å². The molecule has 0 N–H and O–H groups in total. The Bertz CT molecular complexity index is 715. The minimum absolute atomic E-state index is 0.131. The van der Waals surface area contributed by atoms with Crippen LogP contribution in [-0.2, 0) is 0 Å². The zero-order valence-electron chi connectivity index (χ0n) is 11.6. The van der Waals surface area contributed by atoms with E-state index in [2.05, 4.69) is 19.9 Å². The van der Waals surface area contributed by atoms with Crippen LogP contribution < -0.4 is 4.74 Å². The number of fused-ring (bicyclic) bond motifs is 5. The van der Waals surface area contributed by atoms with Gasteiger partial charge in [0, 0.05) is 16.7 Å². The summed E-state index contributed by atoms with van der Waals surface area (Å²) in [6.07, 6.45) is -0.131. The number of carbonyl (C=O) groups is 1. The number of carbonyl (C=O) groups excluding carboxylic acids is 1. The van der Waals surface area contributed by atoms with Gasteiger partial charge in [-0.2, -0.15) is 0 Å². The quantitative estimate of drug-likeness (QED) is 0.770. The zero-order valence-corrected chi connectivity index (χ0v) is 11.6. The highest BCUT2D eigenvalue weighted by molar-refractivity contribution is 6.07. The molecule has 2 aromatic rings. The van der Waals surface area contributed by atoms with Gasteiger partial charge in [0.1, 0.15) is 11.9 Å². The van der Waals surface area contributed by atoms with Gasteiger partial charge in [-0.05, 0) is 17.5 Å². The molecule has 2 atom stereocenters. The number of hydrogen-bond acceptors (Lipinski definition) is 2. The molecule has 0 saturated carbocycles. The lowest BCUT2D eigenvalue weighted by Gasteiger charge is -2.16. The first kappa shape index (κ1) is 11.7. The zero-order chi connectivity index (χ0) is 13.9. The highest BCUT2D eigenvalue weighted by Crippen LogP contribution is 2.54. The standard InChI is InChI=1S/C18H16O2/c1-10(2)11-7-5-8-13-15(11)18-16(17(13)19)12-6-3-4-9-14(12)20-18/h3-10,16,18H,1-2H3. The maximum Gasteiger partial charge on any atom is 0.174 e. The van der Waals surface area contributed by atoms with E-state index in [0.29, 0.717) is 5.92 Å². The van der Waals surface area contributed by atoms with Crippen molar-refractivity contribution in [2.75, 3.05) is 0 Å². The summed E-state index contributed by atoms with van der Waals surface area (Å²) in [5.41, 5.74) is 4.22. The van der Waals surface area contributed by atoms with Gasteiger partial charge in [-0.3, -0.25) is 4.79 Å². The van der Waals surface area contributed by atoms with Crippen LogP contribution in [0.4, 0.5) is 0 Å². The lowest BCUT2D eigenvalue weighted by molar-refractivity contribution is 0.0934. The third kappa shape index (κ3) is 1.36. The monoisotopic (exact) mass is 264 g/mol. The van der Waals surface area contributed by atoms with Crippen LogP contribution in [0.5, 0.6) is 5.75 Å². The van der Waals surface area contributed by atoms with E-state index >= 15 is 0 Å². The summed E-state index contributed by atoms with van der Waals surface area (Å²) in [4.78, 5) is 12.7. The molecule has 1 aliphatic heterocycles. The van der Waals surface area contributed by atoms with Crippen molar-refractivity contribution in [1.29, 1.82) is 0 Å². The van der Waals surface area contributed by atoms with E-state index in [9.17, 15) is 4.79 Å². The molecule has 0 saturated heterocycles. The maximum atomic E-state index is 12.7. The largest absolute Gasteiger partial charge is 0.484 e. The fourth-order valence-electron chi connectivity index (χ4n) is 3.50. The van der Waals surface area contributed by atoms with Crippen LogP contribution in [0.3, 0.4) is 0 Å².